The SMILES string of the molecule is COc1ccccc1C(=O)N1C(C(=O)Nc2ccc(N3CCCC3=O)c(OC)c2)CC2CCCCC21. The van der Waals surface area contributed by atoms with Crippen molar-refractivity contribution in [2.45, 2.75) is 57.0 Å². The first-order chi connectivity index (χ1) is 17.5. The highest BCUT2D eigenvalue weighted by Gasteiger charge is 2.48. The number of nitrogens with zero attached hydrogens (tertiary/aromatic N) is 2. The van der Waals surface area contributed by atoms with Gasteiger partial charge in [0.2, 0.25) is 11.8 Å². The van der Waals surface area contributed by atoms with E-state index in [-0.39, 0.29) is 23.8 Å². The molecule has 8 nitrogen and oxygen atoms in total. The predicted molar refractivity (Wildman–Crippen MR) is 137 cm³/mol. The van der Waals surface area contributed by atoms with Gasteiger partial charge in [0.1, 0.15) is 17.5 Å². The molecule has 3 amide bonds. The average molecular weight is 492 g/mol. The summed E-state index contributed by atoms with van der Waals surface area (Å²) in [6.07, 6.45) is 6.11. The lowest BCUT2D eigenvalue weighted by Crippen LogP contribution is -2.48. The predicted octanol–water partition coefficient (Wildman–Crippen LogP) is 4.24. The first kappa shape index (κ1) is 24.2. The standard InChI is InChI=1S/C28H33N3O5/c1-35-24-11-6-4-9-20(24)28(34)31-21-10-5-3-8-18(21)16-23(31)27(33)29-19-13-14-22(25(17-19)36-2)30-15-7-12-26(30)32/h4,6,9,11,13-14,17-18,21,23H,3,5,7-8,10,12,15-16H2,1-2H3,(H,29,33). The third-order valence-electron chi connectivity index (χ3n) is 7.77. The first-order valence-electron chi connectivity index (χ1n) is 12.8. The number of carbonyl (C=O) groups is 3. The number of hydrogen-bond donors (Lipinski definition) is 1. The quantitative estimate of drug-likeness (QED) is 0.653. The minimum Gasteiger partial charge on any atom is -0.496 e. The zero-order valence-electron chi connectivity index (χ0n) is 20.9. The van der Waals surface area contributed by atoms with Gasteiger partial charge in [-0.1, -0.05) is 25.0 Å². The number of fused-ring (bicyclic) bond motifs is 1. The highest BCUT2D eigenvalue weighted by atomic mass is 16.5. The largest absolute Gasteiger partial charge is 0.496 e. The van der Waals surface area contributed by atoms with Crippen LogP contribution in [0.5, 0.6) is 11.5 Å². The molecule has 2 aromatic carbocycles. The van der Waals surface area contributed by atoms with Crippen molar-refractivity contribution in [1.82, 2.24) is 4.90 Å². The van der Waals surface area contributed by atoms with E-state index in [0.717, 1.165) is 32.1 Å². The first-order valence-corrected chi connectivity index (χ1v) is 12.8. The molecule has 1 N–H and O–H groups in total. The molecule has 2 aliphatic heterocycles. The Bertz CT molecular complexity index is 1170. The Morgan fingerprint density at radius 2 is 1.75 bits per heavy atom. The van der Waals surface area contributed by atoms with Crippen molar-refractivity contribution in [3.05, 3.63) is 48.0 Å². The number of carbonyl (C=O) groups excluding carboxylic acids is 3. The molecular weight excluding hydrogens is 458 g/mol. The number of methoxy groups -OCH3 is 2. The maximum absolute atomic E-state index is 13.8. The van der Waals surface area contributed by atoms with Crippen LogP contribution in [0, 0.1) is 5.92 Å². The highest BCUT2D eigenvalue weighted by Crippen LogP contribution is 2.42. The fourth-order valence-corrected chi connectivity index (χ4v) is 6.05. The molecule has 0 aromatic heterocycles. The summed E-state index contributed by atoms with van der Waals surface area (Å²) < 4.78 is 11.0. The van der Waals surface area contributed by atoms with Crippen molar-refractivity contribution in [2.24, 2.45) is 5.92 Å². The van der Waals surface area contributed by atoms with Crippen molar-refractivity contribution in [2.75, 3.05) is 31.0 Å². The molecular formula is C28H33N3O5. The van der Waals surface area contributed by atoms with Gasteiger partial charge in [-0.3, -0.25) is 14.4 Å². The van der Waals surface area contributed by atoms with E-state index in [1.807, 2.05) is 18.2 Å². The van der Waals surface area contributed by atoms with Crippen LogP contribution in [0.2, 0.25) is 0 Å². The molecule has 1 aliphatic carbocycles. The summed E-state index contributed by atoms with van der Waals surface area (Å²) in [6.45, 7) is 0.659. The smallest absolute Gasteiger partial charge is 0.258 e. The number of nitrogens with one attached hydrogen (secondary N) is 1. The molecule has 0 spiro atoms. The average Bonchev–Trinajstić information content (AvgIpc) is 3.51. The van der Waals surface area contributed by atoms with E-state index in [9.17, 15) is 14.4 Å². The van der Waals surface area contributed by atoms with Crippen molar-refractivity contribution in [1.29, 1.82) is 0 Å². The second-order valence-electron chi connectivity index (χ2n) is 9.80. The molecule has 0 bridgehead atoms. The van der Waals surface area contributed by atoms with Crippen molar-refractivity contribution in [3.8, 4) is 11.5 Å². The summed E-state index contributed by atoms with van der Waals surface area (Å²) in [5.74, 6) is 1.06. The Hall–Kier alpha value is -3.55. The summed E-state index contributed by atoms with van der Waals surface area (Å²) in [6, 6.07) is 12.0. The summed E-state index contributed by atoms with van der Waals surface area (Å²) in [7, 11) is 3.11. The molecule has 3 aliphatic rings. The van der Waals surface area contributed by atoms with Crippen molar-refractivity contribution in [3.63, 3.8) is 0 Å². The molecule has 3 unspecified atom stereocenters. The maximum atomic E-state index is 13.8. The molecule has 0 radical (unpaired) electrons. The van der Waals surface area contributed by atoms with E-state index in [0.29, 0.717) is 53.7 Å². The molecule has 3 atom stereocenters. The van der Waals surface area contributed by atoms with Gasteiger partial charge in [-0.2, -0.15) is 0 Å². The normalized spacial score (nSPS) is 23.4. The van der Waals surface area contributed by atoms with Gasteiger partial charge in [-0.15, -0.1) is 0 Å². The van der Waals surface area contributed by atoms with Gasteiger partial charge in [0.05, 0.1) is 25.5 Å². The lowest BCUT2D eigenvalue weighted by Gasteiger charge is -2.34. The van der Waals surface area contributed by atoms with Crippen LogP contribution in [0.3, 0.4) is 0 Å². The van der Waals surface area contributed by atoms with Crippen molar-refractivity contribution < 1.29 is 23.9 Å². The zero-order chi connectivity index (χ0) is 25.2. The fourth-order valence-electron chi connectivity index (χ4n) is 6.05. The number of likely N-dealkylation sites (tertiary alicyclic amines) is 1. The Kier molecular flexibility index (Phi) is 6.85. The second kappa shape index (κ2) is 10.2. The van der Waals surface area contributed by atoms with E-state index in [1.54, 1.807) is 48.3 Å². The molecule has 190 valence electrons. The number of hydrogen-bond acceptors (Lipinski definition) is 5. The Labute approximate surface area is 211 Å². The monoisotopic (exact) mass is 491 g/mol. The van der Waals surface area contributed by atoms with Crippen LogP contribution in [0.25, 0.3) is 0 Å². The summed E-state index contributed by atoms with van der Waals surface area (Å²) in [5, 5.41) is 3.01. The van der Waals surface area contributed by atoms with E-state index >= 15 is 0 Å². The van der Waals surface area contributed by atoms with E-state index in [1.165, 1.54) is 0 Å². The van der Waals surface area contributed by atoms with Gasteiger partial charge in [-0.25, -0.2) is 0 Å². The van der Waals surface area contributed by atoms with Gasteiger partial charge in [0.15, 0.2) is 0 Å². The highest BCUT2D eigenvalue weighted by molar-refractivity contribution is 6.03. The molecule has 8 heteroatoms. The summed E-state index contributed by atoms with van der Waals surface area (Å²) in [4.78, 5) is 43.1. The number of anilines is 2. The van der Waals surface area contributed by atoms with Crippen LogP contribution in [-0.2, 0) is 9.59 Å². The maximum Gasteiger partial charge on any atom is 0.258 e. The van der Waals surface area contributed by atoms with Gasteiger partial charge in [-0.05, 0) is 55.9 Å². The number of rotatable bonds is 6. The van der Waals surface area contributed by atoms with Crippen LogP contribution in [0.4, 0.5) is 11.4 Å². The van der Waals surface area contributed by atoms with Gasteiger partial charge >= 0.3 is 0 Å². The second-order valence-corrected chi connectivity index (χ2v) is 9.80. The Morgan fingerprint density at radius 3 is 2.50 bits per heavy atom. The van der Waals surface area contributed by atoms with Crippen LogP contribution in [0.1, 0.15) is 55.3 Å². The molecule has 2 heterocycles. The molecule has 1 saturated carbocycles. The molecule has 2 aromatic rings. The van der Waals surface area contributed by atoms with Gasteiger partial charge in [0.25, 0.3) is 5.91 Å². The van der Waals surface area contributed by atoms with Crippen molar-refractivity contribution >= 4 is 29.1 Å². The fraction of sp³-hybridized carbons (Fsp3) is 0.464. The third-order valence-corrected chi connectivity index (χ3v) is 7.77. The van der Waals surface area contributed by atoms with Crippen LogP contribution >= 0.6 is 0 Å². The zero-order valence-corrected chi connectivity index (χ0v) is 20.9. The Balaban J connectivity index is 1.40. The lowest BCUT2D eigenvalue weighted by atomic mass is 9.84. The minimum atomic E-state index is -0.568. The molecule has 5 rings (SSSR count). The lowest BCUT2D eigenvalue weighted by molar-refractivity contribution is -0.120. The summed E-state index contributed by atoms with van der Waals surface area (Å²) in [5.41, 5.74) is 1.76. The number of ether oxygens (including phenoxy) is 2. The number of benzene rings is 2. The van der Waals surface area contributed by atoms with E-state index < -0.39 is 6.04 Å². The third kappa shape index (κ3) is 4.40. The van der Waals surface area contributed by atoms with Gasteiger partial charge in [0, 0.05) is 30.8 Å². The van der Waals surface area contributed by atoms with E-state index in [4.69, 9.17) is 9.47 Å². The molecule has 3 fully saturated rings. The number of para-hydroxylation sites is 1. The minimum absolute atomic E-state index is 0.0463. The van der Waals surface area contributed by atoms with Gasteiger partial charge < -0.3 is 24.6 Å². The Morgan fingerprint density at radius 1 is 0.972 bits per heavy atom. The topological polar surface area (TPSA) is 88.2 Å². The van der Waals surface area contributed by atoms with Crippen LogP contribution in [0.15, 0.2) is 42.5 Å². The molecule has 2 saturated heterocycles. The van der Waals surface area contributed by atoms with E-state index in [2.05, 4.69) is 5.32 Å². The van der Waals surface area contributed by atoms with Crippen LogP contribution < -0.4 is 19.7 Å². The molecule has 36 heavy (non-hydrogen) atoms. The van der Waals surface area contributed by atoms with Crippen LogP contribution in [-0.4, -0.2) is 55.5 Å². The number of amides is 3. The summed E-state index contributed by atoms with van der Waals surface area (Å²) >= 11 is 0.